The Bertz CT molecular complexity index is 1990. The van der Waals surface area contributed by atoms with Gasteiger partial charge in [0.2, 0.25) is 0 Å². The van der Waals surface area contributed by atoms with Gasteiger partial charge in [-0.3, -0.25) is 4.90 Å². The van der Waals surface area contributed by atoms with Gasteiger partial charge in [-0.05, 0) is 49.8 Å². The highest BCUT2D eigenvalue weighted by Gasteiger charge is 2.49. The van der Waals surface area contributed by atoms with Gasteiger partial charge in [-0.2, -0.15) is 15.2 Å². The van der Waals surface area contributed by atoms with E-state index in [1.54, 1.807) is 0 Å². The van der Waals surface area contributed by atoms with Gasteiger partial charge in [-0.25, -0.2) is 22.0 Å². The summed E-state index contributed by atoms with van der Waals surface area (Å²) in [6, 6.07) is 4.17. The third-order valence-corrected chi connectivity index (χ3v) is 11.2. The standard InChI is InChI=1S/C32H28ClF5N6O2S/c33-24-22(16-4-5-18(35)28-21(16)17(9-39)29(40)47-28)25(38)26-23-27(24)46-19(14-2-3-14)11-43(12-20(36)37)30(23)42-31(41-26)45-13-32-6-1-7-44(32)10-15(34)8-32/h4-5,14-15,19-20H,1-3,6-8,10-13,40H2/t15-,19?,32+/m1/s1. The van der Waals surface area contributed by atoms with Crippen molar-refractivity contribution in [1.82, 2.24) is 14.9 Å². The van der Waals surface area contributed by atoms with Crippen LogP contribution in [-0.4, -0.2) is 71.9 Å². The van der Waals surface area contributed by atoms with E-state index in [0.29, 0.717) is 13.0 Å². The number of alkyl halides is 3. The summed E-state index contributed by atoms with van der Waals surface area (Å²) in [4.78, 5) is 12.4. The van der Waals surface area contributed by atoms with E-state index >= 15 is 4.39 Å². The maximum Gasteiger partial charge on any atom is 0.319 e. The number of nitrogens with zero attached hydrogens (tertiary/aromatic N) is 5. The molecule has 3 fully saturated rings. The molecule has 0 bridgehead atoms. The Kier molecular flexibility index (Phi) is 7.31. The molecule has 2 N–H and O–H groups in total. The lowest BCUT2D eigenvalue weighted by molar-refractivity contribution is 0.107. The third kappa shape index (κ3) is 4.92. The maximum absolute atomic E-state index is 17.1. The Hall–Kier alpha value is -3.67. The number of nitrogens with two attached hydrogens (primary N) is 1. The van der Waals surface area contributed by atoms with E-state index in [1.807, 2.05) is 11.0 Å². The number of rotatable bonds is 7. The zero-order chi connectivity index (χ0) is 32.8. The van der Waals surface area contributed by atoms with Gasteiger partial charge in [0.25, 0.3) is 6.43 Å². The van der Waals surface area contributed by atoms with Crippen LogP contribution in [0.15, 0.2) is 12.1 Å². The first kappa shape index (κ1) is 30.7. The van der Waals surface area contributed by atoms with Crippen LogP contribution < -0.4 is 20.1 Å². The summed E-state index contributed by atoms with van der Waals surface area (Å²) < 4.78 is 87.2. The number of hydrogen-bond donors (Lipinski definition) is 1. The van der Waals surface area contributed by atoms with Gasteiger partial charge >= 0.3 is 6.01 Å². The molecule has 3 atom stereocenters. The van der Waals surface area contributed by atoms with Crippen molar-refractivity contribution in [3.05, 3.63) is 34.4 Å². The number of nitrogen functional groups attached to an aromatic ring is 1. The summed E-state index contributed by atoms with van der Waals surface area (Å²) in [5, 5.41) is 9.85. The SMILES string of the molecule is N#Cc1c(N)sc2c(F)ccc(-c3c(Cl)c4c5c(nc(OC[C@@]67CCCN6C[C@H](F)C7)nc5c3F)N(CC(F)F)CC(C3CC3)O4)c12. The summed E-state index contributed by atoms with van der Waals surface area (Å²) in [7, 11) is 0. The number of thiophene rings is 1. The molecule has 0 radical (unpaired) electrons. The molecule has 8 rings (SSSR count). The van der Waals surface area contributed by atoms with Gasteiger partial charge in [0.15, 0.2) is 11.6 Å². The zero-order valence-corrected chi connectivity index (χ0v) is 26.4. The van der Waals surface area contributed by atoms with Gasteiger partial charge in [-0.15, -0.1) is 11.3 Å². The van der Waals surface area contributed by atoms with Crippen LogP contribution in [0.2, 0.25) is 5.02 Å². The second kappa shape index (κ2) is 11.2. The van der Waals surface area contributed by atoms with Gasteiger partial charge < -0.3 is 20.1 Å². The van der Waals surface area contributed by atoms with Crippen LogP contribution in [-0.2, 0) is 0 Å². The molecule has 5 heterocycles. The smallest absolute Gasteiger partial charge is 0.319 e. The summed E-state index contributed by atoms with van der Waals surface area (Å²) >= 11 is 7.85. The van der Waals surface area contributed by atoms with Crippen molar-refractivity contribution in [2.45, 2.75) is 56.3 Å². The average molecular weight is 691 g/mol. The molecule has 246 valence electrons. The molecule has 4 aromatic rings. The molecule has 1 unspecified atom stereocenters. The number of fused-ring (bicyclic) bond motifs is 2. The topological polar surface area (TPSA) is 101 Å². The lowest BCUT2D eigenvalue weighted by Gasteiger charge is -2.31. The summed E-state index contributed by atoms with van der Waals surface area (Å²) in [6.45, 7) is 0.363. The van der Waals surface area contributed by atoms with Crippen LogP contribution in [0, 0.1) is 28.9 Å². The van der Waals surface area contributed by atoms with Crippen LogP contribution in [0.5, 0.6) is 11.8 Å². The first-order chi connectivity index (χ1) is 22.6. The Morgan fingerprint density at radius 2 is 2.02 bits per heavy atom. The van der Waals surface area contributed by atoms with Crippen molar-refractivity contribution in [1.29, 1.82) is 5.26 Å². The van der Waals surface area contributed by atoms with Crippen LogP contribution in [0.25, 0.3) is 32.1 Å². The number of ether oxygens (including phenoxy) is 2. The largest absolute Gasteiger partial charge is 0.486 e. The molecule has 1 saturated carbocycles. The highest BCUT2D eigenvalue weighted by atomic mass is 35.5. The van der Waals surface area contributed by atoms with E-state index in [9.17, 15) is 22.8 Å². The van der Waals surface area contributed by atoms with Crippen molar-refractivity contribution in [2.24, 2.45) is 5.92 Å². The molecule has 8 nitrogen and oxygen atoms in total. The van der Waals surface area contributed by atoms with Crippen molar-refractivity contribution >= 4 is 54.7 Å². The highest BCUT2D eigenvalue weighted by molar-refractivity contribution is 7.23. The van der Waals surface area contributed by atoms with Crippen molar-refractivity contribution in [2.75, 3.05) is 43.4 Å². The first-order valence-electron chi connectivity index (χ1n) is 15.4. The minimum absolute atomic E-state index is 0.00133. The molecule has 3 aliphatic heterocycles. The Morgan fingerprint density at radius 1 is 1.21 bits per heavy atom. The maximum atomic E-state index is 17.1. The van der Waals surface area contributed by atoms with Crippen LogP contribution >= 0.6 is 22.9 Å². The number of aromatic nitrogens is 2. The summed E-state index contributed by atoms with van der Waals surface area (Å²) in [5.41, 5.74) is 5.04. The molecule has 2 aromatic carbocycles. The van der Waals surface area contributed by atoms with Gasteiger partial charge in [-0.1, -0.05) is 17.7 Å². The number of hydrogen-bond acceptors (Lipinski definition) is 9. The molecule has 4 aliphatic rings. The lowest BCUT2D eigenvalue weighted by Crippen LogP contribution is -2.43. The molecular weight excluding hydrogens is 663 g/mol. The molecule has 47 heavy (non-hydrogen) atoms. The van der Waals surface area contributed by atoms with Gasteiger partial charge in [0.05, 0.1) is 39.3 Å². The minimum atomic E-state index is -2.75. The number of nitriles is 1. The molecule has 1 aliphatic carbocycles. The Labute approximate surface area is 274 Å². The Morgan fingerprint density at radius 3 is 2.77 bits per heavy atom. The van der Waals surface area contributed by atoms with Gasteiger partial charge in [0, 0.05) is 23.9 Å². The lowest BCUT2D eigenvalue weighted by atomic mass is 9.95. The summed E-state index contributed by atoms with van der Waals surface area (Å²) in [6.07, 6.45) is -0.880. The fourth-order valence-corrected chi connectivity index (χ4v) is 8.84. The van der Waals surface area contributed by atoms with E-state index in [4.69, 9.17) is 26.8 Å². The molecule has 2 aromatic heterocycles. The molecule has 0 amide bonds. The molecule has 2 saturated heterocycles. The van der Waals surface area contributed by atoms with Gasteiger partial charge in [0.1, 0.15) is 47.1 Å². The monoisotopic (exact) mass is 690 g/mol. The van der Waals surface area contributed by atoms with Crippen molar-refractivity contribution < 1.29 is 31.4 Å². The van der Waals surface area contributed by atoms with Crippen molar-refractivity contribution in [3.63, 3.8) is 0 Å². The predicted octanol–water partition coefficient (Wildman–Crippen LogP) is 7.09. The predicted molar refractivity (Wildman–Crippen MR) is 168 cm³/mol. The third-order valence-electron chi connectivity index (χ3n) is 9.85. The minimum Gasteiger partial charge on any atom is -0.486 e. The van der Waals surface area contributed by atoms with E-state index in [2.05, 4.69) is 9.97 Å². The Balaban J connectivity index is 1.36. The highest BCUT2D eigenvalue weighted by Crippen LogP contribution is 2.52. The molecule has 15 heteroatoms. The fourth-order valence-electron chi connectivity index (χ4n) is 7.56. The summed E-state index contributed by atoms with van der Waals surface area (Å²) in [5.74, 6) is -1.57. The van der Waals surface area contributed by atoms with E-state index in [-0.39, 0.29) is 90.8 Å². The number of anilines is 2. The van der Waals surface area contributed by atoms with Crippen LogP contribution in [0.3, 0.4) is 0 Å². The number of halogens is 6. The van der Waals surface area contributed by atoms with Crippen LogP contribution in [0.4, 0.5) is 32.8 Å². The van der Waals surface area contributed by atoms with Crippen molar-refractivity contribution in [3.8, 4) is 29.0 Å². The second-order valence-corrected chi connectivity index (χ2v) is 14.2. The second-order valence-electron chi connectivity index (χ2n) is 12.8. The average Bonchev–Trinajstić information content (AvgIpc) is 3.66. The first-order valence-corrected chi connectivity index (χ1v) is 16.6. The fraction of sp³-hybridized carbons (Fsp3) is 0.469. The quantitative estimate of drug-likeness (QED) is 0.205. The zero-order valence-electron chi connectivity index (χ0n) is 24.8. The van der Waals surface area contributed by atoms with Crippen LogP contribution in [0.1, 0.15) is 37.7 Å². The van der Waals surface area contributed by atoms with E-state index < -0.39 is 42.4 Å². The normalized spacial score (nSPS) is 24.2. The number of benzene rings is 2. The van der Waals surface area contributed by atoms with E-state index in [0.717, 1.165) is 43.2 Å². The molecule has 0 spiro atoms. The molecular formula is C32H28ClF5N6O2S. The van der Waals surface area contributed by atoms with E-state index in [1.165, 1.54) is 11.0 Å².